The highest BCUT2D eigenvalue weighted by Gasteiger charge is 2.30. The largest absolute Gasteiger partial charge is 0.537 e. The fourth-order valence-corrected chi connectivity index (χ4v) is 3.89. The molecule has 0 spiro atoms. The van der Waals surface area contributed by atoms with Crippen LogP contribution in [-0.4, -0.2) is 18.5 Å². The van der Waals surface area contributed by atoms with E-state index in [2.05, 4.69) is 0 Å². The van der Waals surface area contributed by atoms with Gasteiger partial charge >= 0.3 is 0 Å². The van der Waals surface area contributed by atoms with Gasteiger partial charge in [0.25, 0.3) is 8.32 Å². The molecule has 0 aliphatic carbocycles. The van der Waals surface area contributed by atoms with E-state index in [-0.39, 0.29) is 11.5 Å². The van der Waals surface area contributed by atoms with E-state index in [9.17, 15) is 10.2 Å². The fourth-order valence-electron chi connectivity index (χ4n) is 1.86. The van der Waals surface area contributed by atoms with Gasteiger partial charge < -0.3 is 14.6 Å². The van der Waals surface area contributed by atoms with Crippen molar-refractivity contribution in [1.82, 2.24) is 0 Å². The summed E-state index contributed by atoms with van der Waals surface area (Å²) in [6, 6.07) is 14.0. The van der Waals surface area contributed by atoms with E-state index >= 15 is 0 Å². The first-order valence-electron chi connectivity index (χ1n) is 5.76. The molecule has 2 aromatic carbocycles. The van der Waals surface area contributed by atoms with Crippen LogP contribution in [0, 0.1) is 0 Å². The van der Waals surface area contributed by atoms with Crippen molar-refractivity contribution in [3.63, 3.8) is 0 Å². The normalized spacial score (nSPS) is 11.2. The number of phenols is 2. The number of hydrogen-bond acceptors (Lipinski definition) is 3. The fraction of sp³-hybridized carbons (Fsp3) is 0.143. The number of para-hydroxylation sites is 3. The standard InChI is InChI=1S/C14H16O3Si/c1-18(2,14-10-6-4-8-12(14)16)17-13-9-5-3-7-11(13)15/h3-10,15-16H,1-2H3. The molecule has 0 amide bonds. The minimum Gasteiger partial charge on any atom is -0.537 e. The van der Waals surface area contributed by atoms with E-state index < -0.39 is 8.32 Å². The van der Waals surface area contributed by atoms with Crippen molar-refractivity contribution >= 4 is 13.5 Å². The molecule has 0 fully saturated rings. The molecule has 0 unspecified atom stereocenters. The predicted molar refractivity (Wildman–Crippen MR) is 74.0 cm³/mol. The minimum absolute atomic E-state index is 0.119. The van der Waals surface area contributed by atoms with Crippen LogP contribution in [0.2, 0.25) is 13.1 Å². The molecule has 0 aliphatic rings. The highest BCUT2D eigenvalue weighted by molar-refractivity contribution is 6.85. The van der Waals surface area contributed by atoms with Gasteiger partial charge in [-0.3, -0.25) is 0 Å². The van der Waals surface area contributed by atoms with Crippen molar-refractivity contribution in [3.8, 4) is 17.2 Å². The Balaban J connectivity index is 2.33. The Morgan fingerprint density at radius 2 is 1.39 bits per heavy atom. The van der Waals surface area contributed by atoms with Crippen LogP contribution in [-0.2, 0) is 0 Å². The van der Waals surface area contributed by atoms with E-state index in [1.54, 1.807) is 30.3 Å². The topological polar surface area (TPSA) is 49.7 Å². The van der Waals surface area contributed by atoms with Crippen LogP contribution in [0.4, 0.5) is 0 Å². The molecule has 0 aromatic heterocycles. The van der Waals surface area contributed by atoms with Gasteiger partial charge in [-0.15, -0.1) is 0 Å². The van der Waals surface area contributed by atoms with Gasteiger partial charge in [-0.2, -0.15) is 0 Å². The van der Waals surface area contributed by atoms with Crippen molar-refractivity contribution < 1.29 is 14.6 Å². The van der Waals surface area contributed by atoms with Crippen molar-refractivity contribution in [2.45, 2.75) is 13.1 Å². The summed E-state index contributed by atoms with van der Waals surface area (Å²) >= 11 is 0. The first kappa shape index (κ1) is 12.5. The molecule has 3 nitrogen and oxygen atoms in total. The summed E-state index contributed by atoms with van der Waals surface area (Å²) in [5.74, 6) is 0.815. The maximum Gasteiger partial charge on any atom is 0.280 e. The van der Waals surface area contributed by atoms with Gasteiger partial charge in [-0.1, -0.05) is 30.3 Å². The third-order valence-electron chi connectivity index (χ3n) is 2.78. The van der Waals surface area contributed by atoms with Gasteiger partial charge in [0.1, 0.15) is 11.5 Å². The number of phenolic OH excluding ortho intramolecular Hbond substituents is 2. The summed E-state index contributed by atoms with van der Waals surface area (Å²) in [7, 11) is -2.31. The summed E-state index contributed by atoms with van der Waals surface area (Å²) in [6.45, 7) is 3.96. The molecule has 0 saturated carbocycles. The zero-order valence-electron chi connectivity index (χ0n) is 10.4. The summed E-state index contributed by atoms with van der Waals surface area (Å²) < 4.78 is 5.93. The maximum absolute atomic E-state index is 9.89. The zero-order valence-corrected chi connectivity index (χ0v) is 11.4. The molecule has 2 N–H and O–H groups in total. The molecule has 2 aromatic rings. The zero-order chi connectivity index (χ0) is 13.2. The van der Waals surface area contributed by atoms with Crippen LogP contribution in [0.25, 0.3) is 0 Å². The highest BCUT2D eigenvalue weighted by Crippen LogP contribution is 2.27. The molecule has 0 radical (unpaired) electrons. The third kappa shape index (κ3) is 2.48. The lowest BCUT2D eigenvalue weighted by atomic mass is 10.3. The molecule has 0 heterocycles. The number of benzene rings is 2. The van der Waals surface area contributed by atoms with Crippen LogP contribution >= 0.6 is 0 Å². The minimum atomic E-state index is -2.31. The molecule has 0 saturated heterocycles. The first-order chi connectivity index (χ1) is 8.50. The van der Waals surface area contributed by atoms with E-state index in [1.807, 2.05) is 31.3 Å². The van der Waals surface area contributed by atoms with Crippen molar-refractivity contribution in [1.29, 1.82) is 0 Å². The number of hydrogen-bond donors (Lipinski definition) is 2. The lowest BCUT2D eigenvalue weighted by Gasteiger charge is -2.25. The molecular formula is C14H16O3Si. The molecular weight excluding hydrogens is 244 g/mol. The second kappa shape index (κ2) is 4.74. The summed E-state index contributed by atoms with van der Waals surface area (Å²) in [4.78, 5) is 0. The van der Waals surface area contributed by atoms with Crippen LogP contribution in [0.15, 0.2) is 48.5 Å². The third-order valence-corrected chi connectivity index (χ3v) is 5.23. The van der Waals surface area contributed by atoms with E-state index in [0.717, 1.165) is 5.19 Å². The Bertz CT molecular complexity index is 552. The lowest BCUT2D eigenvalue weighted by Crippen LogP contribution is -2.47. The van der Waals surface area contributed by atoms with Crippen LogP contribution in [0.1, 0.15) is 0 Å². The summed E-state index contributed by atoms with van der Waals surface area (Å²) in [5, 5.41) is 20.4. The Morgan fingerprint density at radius 1 is 0.833 bits per heavy atom. The summed E-state index contributed by atoms with van der Waals surface area (Å²) in [5.41, 5.74) is 0. The van der Waals surface area contributed by atoms with Crippen LogP contribution in [0.5, 0.6) is 17.2 Å². The Kier molecular flexibility index (Phi) is 3.29. The highest BCUT2D eigenvalue weighted by atomic mass is 28.4. The molecule has 0 bridgehead atoms. The molecule has 18 heavy (non-hydrogen) atoms. The Hall–Kier alpha value is -1.94. The van der Waals surface area contributed by atoms with Gasteiger partial charge in [0.15, 0.2) is 5.75 Å². The predicted octanol–water partition coefficient (Wildman–Crippen LogP) is 2.59. The van der Waals surface area contributed by atoms with E-state index in [1.165, 1.54) is 0 Å². The number of rotatable bonds is 3. The Morgan fingerprint density at radius 3 is 2.00 bits per heavy atom. The van der Waals surface area contributed by atoms with Crippen LogP contribution < -0.4 is 9.61 Å². The van der Waals surface area contributed by atoms with Gasteiger partial charge in [0, 0.05) is 5.19 Å². The smallest absolute Gasteiger partial charge is 0.280 e. The SMILES string of the molecule is C[Si](C)(Oc1ccccc1O)c1ccccc1O. The Labute approximate surface area is 107 Å². The molecule has 4 heteroatoms. The van der Waals surface area contributed by atoms with Gasteiger partial charge in [0.05, 0.1) is 0 Å². The van der Waals surface area contributed by atoms with E-state index in [4.69, 9.17) is 4.43 Å². The van der Waals surface area contributed by atoms with E-state index in [0.29, 0.717) is 5.75 Å². The molecule has 2 rings (SSSR count). The van der Waals surface area contributed by atoms with Gasteiger partial charge in [0.2, 0.25) is 0 Å². The molecule has 0 aliphatic heterocycles. The van der Waals surface area contributed by atoms with Crippen molar-refractivity contribution in [2.24, 2.45) is 0 Å². The average molecular weight is 260 g/mol. The maximum atomic E-state index is 9.89. The second-order valence-electron chi connectivity index (χ2n) is 4.60. The van der Waals surface area contributed by atoms with Gasteiger partial charge in [-0.25, -0.2) is 0 Å². The summed E-state index contributed by atoms with van der Waals surface area (Å²) in [6.07, 6.45) is 0. The van der Waals surface area contributed by atoms with Crippen LogP contribution in [0.3, 0.4) is 0 Å². The quantitative estimate of drug-likeness (QED) is 0.834. The van der Waals surface area contributed by atoms with Crippen molar-refractivity contribution in [3.05, 3.63) is 48.5 Å². The number of aromatic hydroxyl groups is 2. The monoisotopic (exact) mass is 260 g/mol. The molecule has 94 valence electrons. The van der Waals surface area contributed by atoms with Gasteiger partial charge in [-0.05, 0) is 31.3 Å². The second-order valence-corrected chi connectivity index (χ2v) is 8.36. The van der Waals surface area contributed by atoms with Crippen molar-refractivity contribution in [2.75, 3.05) is 0 Å². The average Bonchev–Trinajstić information content (AvgIpc) is 2.32. The molecule has 0 atom stereocenters. The lowest BCUT2D eigenvalue weighted by molar-refractivity contribution is 0.436. The first-order valence-corrected chi connectivity index (χ1v) is 8.67.